The van der Waals surface area contributed by atoms with Crippen molar-refractivity contribution in [3.05, 3.63) is 35.4 Å². The van der Waals surface area contributed by atoms with Gasteiger partial charge in [-0.2, -0.15) is 0 Å². The minimum Gasteiger partial charge on any atom is -0.243 e. The lowest BCUT2D eigenvalue weighted by molar-refractivity contribution is 0.0688. The molecule has 0 aliphatic heterocycles. The average Bonchev–Trinajstić information content (AvgIpc) is 2.25. The standard InChI is InChI=1S/C16H24F2/c1-15(2,3)12-9-7-11(8-10-12)13(17)14(18)16(4,5)6/h7-10,13-14H,1-6H3. The predicted octanol–water partition coefficient (Wildman–Crippen LogP) is 5.38. The SMILES string of the molecule is CC(C)(C)c1ccc(C(F)C(F)C(C)(C)C)cc1. The van der Waals surface area contributed by atoms with Crippen molar-refractivity contribution in [1.29, 1.82) is 0 Å². The largest absolute Gasteiger partial charge is 0.243 e. The van der Waals surface area contributed by atoms with Crippen LogP contribution in [0, 0.1) is 5.41 Å². The Labute approximate surface area is 109 Å². The molecule has 2 unspecified atom stereocenters. The van der Waals surface area contributed by atoms with Crippen LogP contribution in [0.5, 0.6) is 0 Å². The fraction of sp³-hybridized carbons (Fsp3) is 0.625. The van der Waals surface area contributed by atoms with E-state index in [0.717, 1.165) is 5.56 Å². The lowest BCUT2D eigenvalue weighted by Crippen LogP contribution is -2.26. The number of alkyl halides is 2. The molecule has 0 nitrogen and oxygen atoms in total. The lowest BCUT2D eigenvalue weighted by Gasteiger charge is -2.27. The van der Waals surface area contributed by atoms with Crippen LogP contribution in [-0.4, -0.2) is 6.17 Å². The van der Waals surface area contributed by atoms with Crippen molar-refractivity contribution in [2.24, 2.45) is 5.41 Å². The molecule has 102 valence electrons. The second-order valence-electron chi connectivity index (χ2n) is 7.04. The van der Waals surface area contributed by atoms with E-state index in [1.807, 2.05) is 12.1 Å². The van der Waals surface area contributed by atoms with Crippen LogP contribution >= 0.6 is 0 Å². The molecule has 0 fully saturated rings. The highest BCUT2D eigenvalue weighted by molar-refractivity contribution is 5.29. The van der Waals surface area contributed by atoms with Crippen LogP contribution in [0.25, 0.3) is 0 Å². The van der Waals surface area contributed by atoms with Gasteiger partial charge >= 0.3 is 0 Å². The Morgan fingerprint density at radius 1 is 0.833 bits per heavy atom. The maximum Gasteiger partial charge on any atom is 0.157 e. The molecule has 0 spiro atoms. The third-order valence-electron chi connectivity index (χ3n) is 3.18. The molecule has 1 aromatic rings. The monoisotopic (exact) mass is 254 g/mol. The van der Waals surface area contributed by atoms with Crippen molar-refractivity contribution in [3.63, 3.8) is 0 Å². The maximum absolute atomic E-state index is 14.1. The van der Waals surface area contributed by atoms with Crippen LogP contribution in [0.1, 0.15) is 58.8 Å². The quantitative estimate of drug-likeness (QED) is 0.664. The molecule has 0 aliphatic rings. The Morgan fingerprint density at radius 3 is 1.61 bits per heavy atom. The molecule has 0 saturated carbocycles. The number of rotatable bonds is 2. The Kier molecular flexibility index (Phi) is 4.19. The van der Waals surface area contributed by atoms with Gasteiger partial charge in [-0.15, -0.1) is 0 Å². The first-order valence-corrected chi connectivity index (χ1v) is 6.42. The van der Waals surface area contributed by atoms with Crippen LogP contribution < -0.4 is 0 Å². The van der Waals surface area contributed by atoms with E-state index < -0.39 is 17.8 Å². The Balaban J connectivity index is 2.93. The highest BCUT2D eigenvalue weighted by Gasteiger charge is 2.33. The van der Waals surface area contributed by atoms with Gasteiger partial charge in [-0.3, -0.25) is 0 Å². The first-order valence-electron chi connectivity index (χ1n) is 6.42. The zero-order valence-electron chi connectivity index (χ0n) is 12.2. The summed E-state index contributed by atoms with van der Waals surface area (Å²) in [7, 11) is 0. The summed E-state index contributed by atoms with van der Waals surface area (Å²) in [5, 5.41) is 0. The molecule has 0 amide bonds. The molecule has 0 N–H and O–H groups in total. The third-order valence-corrected chi connectivity index (χ3v) is 3.18. The molecule has 2 heteroatoms. The van der Waals surface area contributed by atoms with E-state index in [9.17, 15) is 8.78 Å². The van der Waals surface area contributed by atoms with E-state index in [0.29, 0.717) is 5.56 Å². The molecule has 18 heavy (non-hydrogen) atoms. The normalized spacial score (nSPS) is 16.4. The smallest absolute Gasteiger partial charge is 0.157 e. The van der Waals surface area contributed by atoms with Crippen molar-refractivity contribution in [3.8, 4) is 0 Å². The zero-order valence-corrected chi connectivity index (χ0v) is 12.2. The summed E-state index contributed by atoms with van der Waals surface area (Å²) in [6.07, 6.45) is -3.04. The number of benzene rings is 1. The Morgan fingerprint density at radius 2 is 1.28 bits per heavy atom. The number of halogens is 2. The van der Waals surface area contributed by atoms with Crippen LogP contribution in [0.2, 0.25) is 0 Å². The van der Waals surface area contributed by atoms with E-state index >= 15 is 0 Å². The molecular weight excluding hydrogens is 230 g/mol. The molecule has 0 heterocycles. The molecule has 1 aromatic carbocycles. The van der Waals surface area contributed by atoms with Gasteiger partial charge in [-0.25, -0.2) is 8.78 Å². The van der Waals surface area contributed by atoms with Crippen LogP contribution in [0.4, 0.5) is 8.78 Å². The summed E-state index contributed by atoms with van der Waals surface area (Å²) in [4.78, 5) is 0. The average molecular weight is 254 g/mol. The first-order chi connectivity index (χ1) is 8.03. The van der Waals surface area contributed by atoms with E-state index in [4.69, 9.17) is 0 Å². The number of hydrogen-bond acceptors (Lipinski definition) is 0. The van der Waals surface area contributed by atoms with E-state index in [1.165, 1.54) is 0 Å². The van der Waals surface area contributed by atoms with Gasteiger partial charge < -0.3 is 0 Å². The minimum absolute atomic E-state index is 0.0312. The van der Waals surface area contributed by atoms with Crippen molar-refractivity contribution in [2.75, 3.05) is 0 Å². The van der Waals surface area contributed by atoms with Crippen LogP contribution in [-0.2, 0) is 5.41 Å². The van der Waals surface area contributed by atoms with Gasteiger partial charge in [0, 0.05) is 0 Å². The van der Waals surface area contributed by atoms with Crippen molar-refractivity contribution >= 4 is 0 Å². The van der Waals surface area contributed by atoms with E-state index in [-0.39, 0.29) is 5.41 Å². The van der Waals surface area contributed by atoms with Gasteiger partial charge in [-0.05, 0) is 22.0 Å². The number of hydrogen-bond donors (Lipinski definition) is 0. The van der Waals surface area contributed by atoms with E-state index in [1.54, 1.807) is 32.9 Å². The van der Waals surface area contributed by atoms with Gasteiger partial charge in [0.15, 0.2) is 6.17 Å². The predicted molar refractivity (Wildman–Crippen MR) is 73.3 cm³/mol. The molecule has 0 aliphatic carbocycles. The van der Waals surface area contributed by atoms with Gasteiger partial charge in [0.2, 0.25) is 0 Å². The van der Waals surface area contributed by atoms with E-state index in [2.05, 4.69) is 20.8 Å². The molecule has 0 bridgehead atoms. The van der Waals surface area contributed by atoms with Crippen LogP contribution in [0.15, 0.2) is 24.3 Å². The highest BCUT2D eigenvalue weighted by atomic mass is 19.2. The highest BCUT2D eigenvalue weighted by Crippen LogP contribution is 2.36. The molecule has 0 radical (unpaired) electrons. The van der Waals surface area contributed by atoms with Crippen molar-refractivity contribution in [1.82, 2.24) is 0 Å². The summed E-state index contributed by atoms with van der Waals surface area (Å²) in [5.74, 6) is 0. The molecule has 2 atom stereocenters. The third kappa shape index (κ3) is 3.54. The van der Waals surface area contributed by atoms with Crippen LogP contribution in [0.3, 0.4) is 0 Å². The summed E-state index contributed by atoms with van der Waals surface area (Å²) in [6.45, 7) is 11.4. The summed E-state index contributed by atoms with van der Waals surface area (Å²) >= 11 is 0. The summed E-state index contributed by atoms with van der Waals surface area (Å²) < 4.78 is 28.0. The fourth-order valence-corrected chi connectivity index (χ4v) is 1.77. The summed E-state index contributed by atoms with van der Waals surface area (Å²) in [5.41, 5.74) is 0.904. The van der Waals surface area contributed by atoms with Gasteiger partial charge in [0.25, 0.3) is 0 Å². The van der Waals surface area contributed by atoms with Gasteiger partial charge in [0.1, 0.15) is 6.17 Å². The van der Waals surface area contributed by atoms with Crippen molar-refractivity contribution in [2.45, 2.75) is 59.3 Å². The first kappa shape index (κ1) is 15.1. The molecular formula is C16H24F2. The lowest BCUT2D eigenvalue weighted by atomic mass is 9.83. The molecule has 1 rings (SSSR count). The van der Waals surface area contributed by atoms with Gasteiger partial charge in [-0.1, -0.05) is 65.8 Å². The second kappa shape index (κ2) is 4.99. The maximum atomic E-state index is 14.1. The Bertz CT molecular complexity index is 379. The zero-order chi connectivity index (χ0) is 14.1. The molecule has 0 aromatic heterocycles. The van der Waals surface area contributed by atoms with Gasteiger partial charge in [0.05, 0.1) is 0 Å². The fourth-order valence-electron chi connectivity index (χ4n) is 1.77. The second-order valence-corrected chi connectivity index (χ2v) is 7.04. The molecule has 0 saturated heterocycles. The van der Waals surface area contributed by atoms with Crippen molar-refractivity contribution < 1.29 is 8.78 Å². The summed E-state index contributed by atoms with van der Waals surface area (Å²) in [6, 6.07) is 7.17. The topological polar surface area (TPSA) is 0 Å². The Hall–Kier alpha value is -0.920. The minimum atomic E-state index is -1.56.